The predicted octanol–water partition coefficient (Wildman–Crippen LogP) is 1.09. The molecule has 2 N–H and O–H groups in total. The van der Waals surface area contributed by atoms with Crippen molar-refractivity contribution < 1.29 is 14.3 Å². The third-order valence-electron chi connectivity index (χ3n) is 2.51. The van der Waals surface area contributed by atoms with Crippen molar-refractivity contribution in [2.45, 2.75) is 6.10 Å². The second-order valence-corrected chi connectivity index (χ2v) is 4.46. The van der Waals surface area contributed by atoms with Crippen molar-refractivity contribution in [3.8, 4) is 0 Å². The number of β-amino-alcohol motifs (C(OH)–C–C–N with tert-alkyl or cyclic N) is 1. The molecule has 2 rings (SSSR count). The largest absolute Gasteiger partial charge is 0.390 e. The second-order valence-electron chi connectivity index (χ2n) is 4.02. The summed E-state index contributed by atoms with van der Waals surface area (Å²) in [6.07, 6.45) is -0.352. The summed E-state index contributed by atoms with van der Waals surface area (Å²) in [5.41, 5.74) is 0.112. The number of nitrogens with one attached hydrogen (secondary N) is 1. The molecular weight excluding hydrogens is 247 g/mol. The first-order chi connectivity index (χ1) is 8.04. The van der Waals surface area contributed by atoms with Crippen molar-refractivity contribution in [3.63, 3.8) is 0 Å². The summed E-state index contributed by atoms with van der Waals surface area (Å²) in [4.78, 5) is 13.3. The number of likely N-dealkylation sites (tertiary alicyclic amines) is 1. The van der Waals surface area contributed by atoms with Crippen LogP contribution in [0.25, 0.3) is 0 Å². The number of hydrogen-bond donors (Lipinski definition) is 2. The topological polar surface area (TPSA) is 52.6 Å². The monoisotopic (exact) mass is 258 g/mol. The molecule has 1 aliphatic heterocycles. The number of rotatable bonds is 3. The smallest absolute Gasteiger partial charge is 0.238 e. The molecule has 1 heterocycles. The average molecular weight is 259 g/mol. The number of hydrogen-bond acceptors (Lipinski definition) is 3. The van der Waals surface area contributed by atoms with Gasteiger partial charge in [-0.25, -0.2) is 4.39 Å². The number of nitrogens with zero attached hydrogens (tertiary/aromatic N) is 1. The summed E-state index contributed by atoms with van der Waals surface area (Å²) < 4.78 is 13.4. The van der Waals surface area contributed by atoms with E-state index in [-0.39, 0.29) is 29.3 Å². The van der Waals surface area contributed by atoms with E-state index in [4.69, 9.17) is 16.7 Å². The minimum absolute atomic E-state index is 0.112. The molecule has 1 fully saturated rings. The highest BCUT2D eigenvalue weighted by molar-refractivity contribution is 6.30. The number of halogens is 2. The SMILES string of the molecule is O=C(CN1CC(O)C1)Nc1ccc(Cl)cc1F. The molecule has 0 atom stereocenters. The highest BCUT2D eigenvalue weighted by Gasteiger charge is 2.26. The summed E-state index contributed by atoms with van der Waals surface area (Å²) in [5, 5.41) is 11.8. The highest BCUT2D eigenvalue weighted by atomic mass is 35.5. The summed E-state index contributed by atoms with van der Waals surface area (Å²) in [5.74, 6) is -0.868. The molecule has 0 aromatic heterocycles. The van der Waals surface area contributed by atoms with Crippen LogP contribution >= 0.6 is 11.6 Å². The quantitative estimate of drug-likeness (QED) is 0.854. The number of carbonyl (C=O) groups excluding carboxylic acids is 1. The minimum atomic E-state index is -0.561. The van der Waals surface area contributed by atoms with E-state index in [1.165, 1.54) is 12.1 Å². The highest BCUT2D eigenvalue weighted by Crippen LogP contribution is 2.19. The van der Waals surface area contributed by atoms with Gasteiger partial charge in [0.2, 0.25) is 5.91 Å². The van der Waals surface area contributed by atoms with Gasteiger partial charge in [0.1, 0.15) is 5.82 Å². The lowest BCUT2D eigenvalue weighted by atomic mass is 10.2. The zero-order valence-electron chi connectivity index (χ0n) is 8.99. The third-order valence-corrected chi connectivity index (χ3v) is 2.75. The summed E-state index contributed by atoms with van der Waals surface area (Å²) in [6.45, 7) is 1.12. The predicted molar refractivity (Wildman–Crippen MR) is 62.5 cm³/mol. The van der Waals surface area contributed by atoms with Crippen LogP contribution in [0.1, 0.15) is 0 Å². The standard InChI is InChI=1S/C11H12ClFN2O2/c12-7-1-2-10(9(13)3-7)14-11(17)6-15-4-8(16)5-15/h1-3,8,16H,4-6H2,(H,14,17). The molecule has 0 radical (unpaired) electrons. The van der Waals surface area contributed by atoms with Crippen molar-refractivity contribution in [2.24, 2.45) is 0 Å². The minimum Gasteiger partial charge on any atom is -0.390 e. The van der Waals surface area contributed by atoms with Gasteiger partial charge in [0, 0.05) is 18.1 Å². The molecule has 92 valence electrons. The Bertz CT molecular complexity index is 435. The first kappa shape index (κ1) is 12.3. The maximum absolute atomic E-state index is 13.4. The molecule has 1 aromatic carbocycles. The lowest BCUT2D eigenvalue weighted by Gasteiger charge is -2.34. The van der Waals surface area contributed by atoms with Crippen LogP contribution in [0, 0.1) is 5.82 Å². The number of amides is 1. The molecule has 0 spiro atoms. The Morgan fingerprint density at radius 2 is 2.29 bits per heavy atom. The Morgan fingerprint density at radius 3 is 2.88 bits per heavy atom. The van der Waals surface area contributed by atoms with Gasteiger partial charge in [0.05, 0.1) is 18.3 Å². The van der Waals surface area contributed by atoms with Crippen LogP contribution in [0.15, 0.2) is 18.2 Å². The zero-order valence-corrected chi connectivity index (χ0v) is 9.75. The average Bonchev–Trinajstić information content (AvgIpc) is 2.20. The van der Waals surface area contributed by atoms with Crippen molar-refractivity contribution in [2.75, 3.05) is 25.0 Å². The van der Waals surface area contributed by atoms with Crippen LogP contribution < -0.4 is 5.32 Å². The molecule has 1 saturated heterocycles. The molecule has 0 unspecified atom stereocenters. The van der Waals surface area contributed by atoms with Gasteiger partial charge in [-0.05, 0) is 18.2 Å². The third kappa shape index (κ3) is 3.15. The van der Waals surface area contributed by atoms with E-state index < -0.39 is 5.82 Å². The molecule has 6 heteroatoms. The number of benzene rings is 1. The van der Waals surface area contributed by atoms with Crippen molar-refractivity contribution in [1.29, 1.82) is 0 Å². The fraction of sp³-hybridized carbons (Fsp3) is 0.364. The molecule has 1 aliphatic rings. The van der Waals surface area contributed by atoms with E-state index in [2.05, 4.69) is 5.32 Å². The number of carbonyl (C=O) groups is 1. The second kappa shape index (κ2) is 5.00. The van der Waals surface area contributed by atoms with Crippen LogP contribution in [-0.2, 0) is 4.79 Å². The van der Waals surface area contributed by atoms with E-state index in [0.29, 0.717) is 13.1 Å². The Kier molecular flexibility index (Phi) is 3.61. The molecule has 1 aromatic rings. The number of anilines is 1. The first-order valence-electron chi connectivity index (χ1n) is 5.20. The maximum Gasteiger partial charge on any atom is 0.238 e. The summed E-state index contributed by atoms with van der Waals surface area (Å²) in [6, 6.07) is 4.07. The molecule has 17 heavy (non-hydrogen) atoms. The lowest BCUT2D eigenvalue weighted by Crippen LogP contribution is -2.53. The first-order valence-corrected chi connectivity index (χ1v) is 5.58. The molecular formula is C11H12ClFN2O2. The van der Waals surface area contributed by atoms with Gasteiger partial charge in [0.15, 0.2) is 0 Å². The van der Waals surface area contributed by atoms with Gasteiger partial charge in [-0.1, -0.05) is 11.6 Å². The van der Waals surface area contributed by atoms with Crippen LogP contribution in [-0.4, -0.2) is 41.7 Å². The molecule has 1 amide bonds. The van der Waals surface area contributed by atoms with E-state index in [9.17, 15) is 9.18 Å². The van der Waals surface area contributed by atoms with Crippen molar-refractivity contribution in [1.82, 2.24) is 4.90 Å². The van der Waals surface area contributed by atoms with E-state index in [1.54, 1.807) is 4.90 Å². The molecule has 4 nitrogen and oxygen atoms in total. The molecule has 0 bridgehead atoms. The maximum atomic E-state index is 13.4. The van der Waals surface area contributed by atoms with Crippen LogP contribution in [0.5, 0.6) is 0 Å². The fourth-order valence-corrected chi connectivity index (χ4v) is 1.81. The number of aliphatic hydroxyl groups is 1. The zero-order chi connectivity index (χ0) is 12.4. The van der Waals surface area contributed by atoms with Gasteiger partial charge >= 0.3 is 0 Å². The summed E-state index contributed by atoms with van der Waals surface area (Å²) in [7, 11) is 0. The summed E-state index contributed by atoms with van der Waals surface area (Å²) >= 11 is 5.60. The van der Waals surface area contributed by atoms with Crippen molar-refractivity contribution in [3.05, 3.63) is 29.0 Å². The van der Waals surface area contributed by atoms with Crippen LogP contribution in [0.3, 0.4) is 0 Å². The van der Waals surface area contributed by atoms with Crippen LogP contribution in [0.2, 0.25) is 5.02 Å². The van der Waals surface area contributed by atoms with E-state index in [1.807, 2.05) is 0 Å². The fourth-order valence-electron chi connectivity index (χ4n) is 1.66. The Hall–Kier alpha value is -1.17. The Balaban J connectivity index is 1.89. The Morgan fingerprint density at radius 1 is 1.59 bits per heavy atom. The van der Waals surface area contributed by atoms with E-state index >= 15 is 0 Å². The van der Waals surface area contributed by atoms with Gasteiger partial charge in [0.25, 0.3) is 0 Å². The van der Waals surface area contributed by atoms with Gasteiger partial charge in [-0.3, -0.25) is 9.69 Å². The van der Waals surface area contributed by atoms with Gasteiger partial charge in [-0.2, -0.15) is 0 Å². The molecule has 0 aliphatic carbocycles. The normalized spacial score (nSPS) is 16.6. The van der Waals surface area contributed by atoms with Gasteiger partial charge in [-0.15, -0.1) is 0 Å². The van der Waals surface area contributed by atoms with Gasteiger partial charge < -0.3 is 10.4 Å². The van der Waals surface area contributed by atoms with E-state index in [0.717, 1.165) is 6.07 Å². The lowest BCUT2D eigenvalue weighted by molar-refractivity contribution is -0.119. The van der Waals surface area contributed by atoms with Crippen molar-refractivity contribution >= 4 is 23.2 Å². The Labute approximate surface area is 103 Å². The van der Waals surface area contributed by atoms with Crippen LogP contribution in [0.4, 0.5) is 10.1 Å². The molecule has 0 saturated carbocycles. The number of aliphatic hydroxyl groups excluding tert-OH is 1.